The van der Waals surface area contributed by atoms with Gasteiger partial charge in [-0.2, -0.15) is 9.78 Å². The van der Waals surface area contributed by atoms with Crippen molar-refractivity contribution in [1.29, 1.82) is 0 Å². The van der Waals surface area contributed by atoms with Crippen molar-refractivity contribution in [1.82, 2.24) is 24.7 Å². The fraction of sp³-hybridized carbons (Fsp3) is 0.304. The van der Waals surface area contributed by atoms with Gasteiger partial charge >= 0.3 is 0 Å². The summed E-state index contributed by atoms with van der Waals surface area (Å²) < 4.78 is 1.88. The van der Waals surface area contributed by atoms with E-state index in [-0.39, 0.29) is 0 Å². The maximum atomic E-state index is 4.90. The van der Waals surface area contributed by atoms with Gasteiger partial charge in [0.1, 0.15) is 0 Å². The zero-order valence-corrected chi connectivity index (χ0v) is 15.8. The second kappa shape index (κ2) is 7.50. The van der Waals surface area contributed by atoms with Gasteiger partial charge in [-0.1, -0.05) is 49.9 Å². The van der Waals surface area contributed by atoms with Gasteiger partial charge in [-0.05, 0) is 30.9 Å². The van der Waals surface area contributed by atoms with Crippen LogP contribution in [0, 0.1) is 5.92 Å². The van der Waals surface area contributed by atoms with Crippen LogP contribution in [0.4, 0.5) is 0 Å². The molecule has 140 valence electrons. The Bertz CT molecular complexity index is 1060. The summed E-state index contributed by atoms with van der Waals surface area (Å²) in [6.45, 7) is 0. The Morgan fingerprint density at radius 2 is 1.71 bits per heavy atom. The van der Waals surface area contributed by atoms with E-state index in [1.54, 1.807) is 6.20 Å². The monoisotopic (exact) mass is 369 g/mol. The highest BCUT2D eigenvalue weighted by atomic mass is 15.3. The maximum Gasteiger partial charge on any atom is 0.251 e. The van der Waals surface area contributed by atoms with Crippen LogP contribution in [0.2, 0.25) is 0 Å². The van der Waals surface area contributed by atoms with E-state index in [0.717, 1.165) is 34.7 Å². The molecule has 5 nitrogen and oxygen atoms in total. The summed E-state index contributed by atoms with van der Waals surface area (Å²) in [6.07, 6.45) is 15.0. The Morgan fingerprint density at radius 1 is 0.893 bits per heavy atom. The topological polar surface area (TPSA) is 56.5 Å². The van der Waals surface area contributed by atoms with Crippen molar-refractivity contribution in [2.24, 2.45) is 5.92 Å². The fourth-order valence-corrected chi connectivity index (χ4v) is 4.22. The first-order valence-electron chi connectivity index (χ1n) is 10.1. The smallest absolute Gasteiger partial charge is 0.251 e. The number of hydrogen-bond donors (Lipinski definition) is 0. The van der Waals surface area contributed by atoms with Crippen LogP contribution in [0.25, 0.3) is 28.0 Å². The SMILES string of the molecule is c1cncc(-c2cnc(-n3nc(CCC4CCCC4)c4ccccc43)nc2)c1. The molecular weight excluding hydrogens is 346 g/mol. The minimum atomic E-state index is 0.607. The molecule has 0 unspecified atom stereocenters. The van der Waals surface area contributed by atoms with Crippen molar-refractivity contribution in [3.05, 3.63) is 66.9 Å². The van der Waals surface area contributed by atoms with Gasteiger partial charge in [-0.3, -0.25) is 4.98 Å². The first-order chi connectivity index (χ1) is 13.9. The molecule has 0 saturated heterocycles. The lowest BCUT2D eigenvalue weighted by Crippen LogP contribution is -2.04. The molecule has 1 aliphatic carbocycles. The third-order valence-electron chi connectivity index (χ3n) is 5.75. The molecule has 1 saturated carbocycles. The van der Waals surface area contributed by atoms with Crippen LogP contribution in [0.15, 0.2) is 61.2 Å². The minimum Gasteiger partial charge on any atom is -0.264 e. The van der Waals surface area contributed by atoms with Crippen LogP contribution in [-0.2, 0) is 6.42 Å². The summed E-state index contributed by atoms with van der Waals surface area (Å²) in [4.78, 5) is 13.3. The van der Waals surface area contributed by atoms with Crippen molar-refractivity contribution in [3.8, 4) is 17.1 Å². The van der Waals surface area contributed by atoms with Crippen LogP contribution in [0.3, 0.4) is 0 Å². The van der Waals surface area contributed by atoms with E-state index < -0.39 is 0 Å². The Kier molecular flexibility index (Phi) is 4.57. The van der Waals surface area contributed by atoms with E-state index in [9.17, 15) is 0 Å². The fourth-order valence-electron chi connectivity index (χ4n) is 4.22. The van der Waals surface area contributed by atoms with Gasteiger partial charge in [0.25, 0.3) is 5.95 Å². The van der Waals surface area contributed by atoms with Gasteiger partial charge in [-0.25, -0.2) is 9.97 Å². The molecule has 3 aromatic heterocycles. The lowest BCUT2D eigenvalue weighted by Gasteiger charge is -2.06. The minimum absolute atomic E-state index is 0.607. The molecule has 1 aliphatic rings. The number of nitrogens with zero attached hydrogens (tertiary/aromatic N) is 5. The van der Waals surface area contributed by atoms with Crippen molar-refractivity contribution in [2.45, 2.75) is 38.5 Å². The van der Waals surface area contributed by atoms with E-state index in [4.69, 9.17) is 5.10 Å². The van der Waals surface area contributed by atoms with Crippen molar-refractivity contribution < 1.29 is 0 Å². The molecule has 0 N–H and O–H groups in total. The van der Waals surface area contributed by atoms with E-state index in [2.05, 4.69) is 33.2 Å². The molecule has 0 amide bonds. The normalized spacial score (nSPS) is 14.7. The molecule has 4 aromatic rings. The second-order valence-corrected chi connectivity index (χ2v) is 7.58. The number of aryl methyl sites for hydroxylation is 1. The molecule has 1 fully saturated rings. The standard InChI is InChI=1S/C23H23N5/c1-2-7-17(6-1)11-12-21-20-9-3-4-10-22(20)28(27-21)23-25-15-19(16-26-23)18-8-5-13-24-14-18/h3-5,8-10,13-17H,1-2,6-7,11-12H2. The lowest BCUT2D eigenvalue weighted by atomic mass is 9.99. The van der Waals surface area contributed by atoms with Crippen LogP contribution in [0.5, 0.6) is 0 Å². The van der Waals surface area contributed by atoms with E-state index >= 15 is 0 Å². The number of rotatable bonds is 5. The number of pyridine rings is 1. The average molecular weight is 369 g/mol. The first kappa shape index (κ1) is 17.0. The van der Waals surface area contributed by atoms with Crippen LogP contribution in [0.1, 0.15) is 37.8 Å². The number of fused-ring (bicyclic) bond motifs is 1. The first-order valence-corrected chi connectivity index (χ1v) is 10.1. The predicted molar refractivity (Wildman–Crippen MR) is 110 cm³/mol. The molecule has 0 spiro atoms. The van der Waals surface area contributed by atoms with Crippen molar-refractivity contribution in [2.75, 3.05) is 0 Å². The third-order valence-corrected chi connectivity index (χ3v) is 5.75. The summed E-state index contributed by atoms with van der Waals surface area (Å²) in [6, 6.07) is 12.3. The maximum absolute atomic E-state index is 4.90. The zero-order valence-electron chi connectivity index (χ0n) is 15.8. The van der Waals surface area contributed by atoms with Gasteiger partial charge < -0.3 is 0 Å². The van der Waals surface area contributed by atoms with Crippen LogP contribution >= 0.6 is 0 Å². The van der Waals surface area contributed by atoms with E-state index in [1.807, 2.05) is 41.5 Å². The van der Waals surface area contributed by atoms with Crippen LogP contribution in [-0.4, -0.2) is 24.7 Å². The summed E-state index contributed by atoms with van der Waals surface area (Å²) >= 11 is 0. The highest BCUT2D eigenvalue weighted by Gasteiger charge is 2.18. The Balaban J connectivity index is 1.46. The molecule has 0 aliphatic heterocycles. The third kappa shape index (κ3) is 3.28. The quantitative estimate of drug-likeness (QED) is 0.497. The lowest BCUT2D eigenvalue weighted by molar-refractivity contribution is 0.500. The van der Waals surface area contributed by atoms with Crippen LogP contribution < -0.4 is 0 Å². The number of hydrogen-bond acceptors (Lipinski definition) is 4. The predicted octanol–water partition coefficient (Wildman–Crippen LogP) is 5.00. The Labute approximate surface area is 164 Å². The largest absolute Gasteiger partial charge is 0.264 e. The number of para-hydroxylation sites is 1. The van der Waals surface area contributed by atoms with Crippen molar-refractivity contribution >= 4 is 10.9 Å². The average Bonchev–Trinajstić information content (AvgIpc) is 3.41. The Hall–Kier alpha value is -3.08. The highest BCUT2D eigenvalue weighted by Crippen LogP contribution is 2.30. The zero-order chi connectivity index (χ0) is 18.8. The molecule has 1 aromatic carbocycles. The summed E-state index contributed by atoms with van der Waals surface area (Å²) in [5.41, 5.74) is 4.19. The summed E-state index contributed by atoms with van der Waals surface area (Å²) in [5.74, 6) is 1.47. The molecule has 0 atom stereocenters. The van der Waals surface area contributed by atoms with Crippen molar-refractivity contribution in [3.63, 3.8) is 0 Å². The van der Waals surface area contributed by atoms with Gasteiger partial charge in [0, 0.05) is 41.3 Å². The van der Waals surface area contributed by atoms with Gasteiger partial charge in [-0.15, -0.1) is 0 Å². The van der Waals surface area contributed by atoms with Gasteiger partial charge in [0.15, 0.2) is 0 Å². The molecule has 3 heterocycles. The molecule has 28 heavy (non-hydrogen) atoms. The summed E-state index contributed by atoms with van der Waals surface area (Å²) in [5, 5.41) is 6.11. The molecule has 0 bridgehead atoms. The van der Waals surface area contributed by atoms with E-state index in [0.29, 0.717) is 5.95 Å². The molecular formula is C23H23N5. The Morgan fingerprint density at radius 3 is 2.50 bits per heavy atom. The number of aromatic nitrogens is 5. The van der Waals surface area contributed by atoms with Gasteiger partial charge in [0.2, 0.25) is 0 Å². The highest BCUT2D eigenvalue weighted by molar-refractivity contribution is 5.83. The van der Waals surface area contributed by atoms with Gasteiger partial charge in [0.05, 0.1) is 11.2 Å². The molecule has 5 rings (SSSR count). The summed E-state index contributed by atoms with van der Waals surface area (Å²) in [7, 11) is 0. The van der Waals surface area contributed by atoms with E-state index in [1.165, 1.54) is 37.5 Å². The molecule has 5 heteroatoms. The number of benzene rings is 1. The molecule has 0 radical (unpaired) electrons. The second-order valence-electron chi connectivity index (χ2n) is 7.58.